The topological polar surface area (TPSA) is 80.3 Å². The Bertz CT molecular complexity index is 79.3. The summed E-state index contributed by atoms with van der Waals surface area (Å²) in [5.74, 6) is 0. The Morgan fingerprint density at radius 3 is 1.00 bits per heavy atom. The molecule has 0 N–H and O–H groups in total. The normalized spacial score (nSPS) is 5.00. The van der Waals surface area contributed by atoms with Gasteiger partial charge in [0.05, 0.1) is 0 Å². The molecule has 0 bridgehead atoms. The number of carbonyl (C=O) groups is 2. The van der Waals surface area contributed by atoms with Gasteiger partial charge in [-0.2, -0.15) is 8.78 Å². The summed E-state index contributed by atoms with van der Waals surface area (Å²) in [6, 6.07) is 0. The van der Waals surface area contributed by atoms with Gasteiger partial charge in [-0.05, 0) is 0 Å². The molecule has 8 heteroatoms. The Hall–Kier alpha value is 0.397. The van der Waals surface area contributed by atoms with Crippen LogP contribution < -0.4 is 58.6 Å². The van der Waals surface area contributed by atoms with Gasteiger partial charge in [0.15, 0.2) is 0 Å². The van der Waals surface area contributed by atoms with E-state index in [0.29, 0.717) is 0 Å². The maximum absolute atomic E-state index is 9.81. The number of carbonyl (C=O) groups excluding carboxylic acids is 2. The van der Waals surface area contributed by atoms with E-state index in [1.165, 1.54) is 0 Å². The zero-order chi connectivity index (χ0) is 7.15. The largest absolute Gasteiger partial charge is 1.00 e. The van der Waals surface area contributed by atoms with Crippen molar-refractivity contribution in [3.8, 4) is 0 Å². The summed E-state index contributed by atoms with van der Waals surface area (Å²) >= 11 is 0. The molecule has 0 unspecified atom stereocenters. The molecular weight excluding hydrogens is 156 g/mol. The van der Waals surface area contributed by atoms with Crippen LogP contribution in [0.15, 0.2) is 0 Å². The average Bonchev–Trinajstić information content (AvgIpc) is 1.25. The molecule has 4 nitrogen and oxygen atoms in total. The number of rotatable bonds is 0. The van der Waals surface area contributed by atoms with Gasteiger partial charge < -0.3 is 19.8 Å². The van der Waals surface area contributed by atoms with Crippen molar-refractivity contribution in [2.24, 2.45) is 0 Å². The molecule has 0 aromatic heterocycles. The Kier molecular flexibility index (Phi) is 36.3. The fraction of sp³-hybridized carbons (Fsp3) is 0. The third-order valence-corrected chi connectivity index (χ3v) is 0. The van der Waals surface area contributed by atoms with Crippen LogP contribution in [0.1, 0.15) is 0 Å². The predicted molar refractivity (Wildman–Crippen MR) is 13.0 cm³/mol. The summed E-state index contributed by atoms with van der Waals surface area (Å²) in [6.07, 6.45) is -5.17. The van der Waals surface area contributed by atoms with E-state index in [-0.39, 0.29) is 48.4 Å². The van der Waals surface area contributed by atoms with Crippen molar-refractivity contribution >= 4 is 12.4 Å². The van der Waals surface area contributed by atoms with Gasteiger partial charge in [0.25, 0.3) is 0 Å². The standard InChI is InChI=1S/2CHFO2.Li.Na/c2*2-1(3)4;;/h2*(H,3,4);;/q;;2*+1/p-2. The summed E-state index contributed by atoms with van der Waals surface area (Å²) in [6.45, 7) is 0. The SMILES string of the molecule is O=C([O-])F.O=C([O-])F.[Li+].[Na+]. The van der Waals surface area contributed by atoms with E-state index in [9.17, 15) is 8.78 Å². The second kappa shape index (κ2) is 16.2. The van der Waals surface area contributed by atoms with E-state index in [0.717, 1.165) is 0 Å². The zero-order valence-corrected chi connectivity index (χ0v) is 7.39. The van der Waals surface area contributed by atoms with Crippen LogP contribution in [-0.2, 0) is 0 Å². The molecule has 0 amide bonds. The quantitative estimate of drug-likeness (QED) is 0.257. The Morgan fingerprint density at radius 1 is 1.00 bits per heavy atom. The van der Waals surface area contributed by atoms with Crippen LogP contribution in [0.5, 0.6) is 0 Å². The Morgan fingerprint density at radius 2 is 1.00 bits per heavy atom. The smallest absolute Gasteiger partial charge is 0.520 e. The predicted octanol–water partition coefficient (Wildman–Crippen LogP) is -7.39. The van der Waals surface area contributed by atoms with Crippen LogP contribution in [0.2, 0.25) is 0 Å². The van der Waals surface area contributed by atoms with Gasteiger partial charge in [-0.3, -0.25) is 0 Å². The number of halogens is 2. The molecule has 48 valence electrons. The first-order valence-corrected chi connectivity index (χ1v) is 1.19. The first-order chi connectivity index (χ1) is 3.46. The van der Waals surface area contributed by atoms with Crippen LogP contribution in [0.25, 0.3) is 0 Å². The molecule has 0 fully saturated rings. The molecule has 0 radical (unpaired) electrons. The molecule has 0 heterocycles. The molecule has 10 heavy (non-hydrogen) atoms. The van der Waals surface area contributed by atoms with E-state index in [1.807, 2.05) is 0 Å². The Labute approximate surface area is 89.1 Å². The minimum atomic E-state index is -2.58. The van der Waals surface area contributed by atoms with E-state index in [2.05, 4.69) is 0 Å². The molecule has 0 aliphatic carbocycles. The number of carboxylic acid groups (broad SMARTS) is 2. The van der Waals surface area contributed by atoms with Gasteiger partial charge in [-0.15, -0.1) is 0 Å². The van der Waals surface area contributed by atoms with Crippen LogP contribution in [0, 0.1) is 0 Å². The van der Waals surface area contributed by atoms with Crippen molar-refractivity contribution < 1.29 is 77.0 Å². The first kappa shape index (κ1) is 22.4. The first-order valence-electron chi connectivity index (χ1n) is 1.19. The maximum Gasteiger partial charge on any atom is 1.00 e. The summed E-state index contributed by atoms with van der Waals surface area (Å²) in [7, 11) is 0. The molecule has 0 saturated carbocycles. The van der Waals surface area contributed by atoms with Crippen LogP contribution in [0.4, 0.5) is 18.4 Å². The second-order valence-corrected chi connectivity index (χ2v) is 0.475. The molecule has 0 saturated heterocycles. The van der Waals surface area contributed by atoms with E-state index in [4.69, 9.17) is 19.8 Å². The second-order valence-electron chi connectivity index (χ2n) is 0.475. The van der Waals surface area contributed by atoms with Crippen molar-refractivity contribution in [3.05, 3.63) is 0 Å². The van der Waals surface area contributed by atoms with Crippen molar-refractivity contribution in [1.29, 1.82) is 0 Å². The molecule has 0 aliphatic heterocycles. The molecule has 0 aromatic carbocycles. The van der Waals surface area contributed by atoms with Gasteiger partial charge in [0, 0.05) is 0 Å². The van der Waals surface area contributed by atoms with Crippen molar-refractivity contribution in [1.82, 2.24) is 0 Å². The van der Waals surface area contributed by atoms with Crippen molar-refractivity contribution in [2.75, 3.05) is 0 Å². The molecule has 0 rings (SSSR count). The maximum atomic E-state index is 9.81. The van der Waals surface area contributed by atoms with E-state index < -0.39 is 12.4 Å². The average molecular weight is 156 g/mol. The zero-order valence-electron chi connectivity index (χ0n) is 5.39. The van der Waals surface area contributed by atoms with Gasteiger partial charge in [0.1, 0.15) is 0 Å². The summed E-state index contributed by atoms with van der Waals surface area (Å²) in [4.78, 5) is 16.4. The third-order valence-electron chi connectivity index (χ3n) is 0. The van der Waals surface area contributed by atoms with Crippen LogP contribution in [0.3, 0.4) is 0 Å². The van der Waals surface area contributed by atoms with Crippen molar-refractivity contribution in [2.45, 2.75) is 0 Å². The van der Waals surface area contributed by atoms with Gasteiger partial charge in [0.2, 0.25) is 12.4 Å². The summed E-state index contributed by atoms with van der Waals surface area (Å²) in [5.41, 5.74) is 0. The third kappa shape index (κ3) is 2910. The number of hydrogen-bond acceptors (Lipinski definition) is 4. The fourth-order valence-corrected chi connectivity index (χ4v) is 0. The Balaban J connectivity index is -0.0000000300. The van der Waals surface area contributed by atoms with Gasteiger partial charge >= 0.3 is 48.4 Å². The molecule has 0 atom stereocenters. The summed E-state index contributed by atoms with van der Waals surface area (Å²) < 4.78 is 19.6. The van der Waals surface area contributed by atoms with Crippen LogP contribution >= 0.6 is 0 Å². The molecular formula is C2F2LiNaO4. The molecule has 0 spiro atoms. The number of hydrogen-bond donors (Lipinski definition) is 0. The fourth-order valence-electron chi connectivity index (χ4n) is 0. The van der Waals surface area contributed by atoms with Gasteiger partial charge in [-0.1, -0.05) is 0 Å². The van der Waals surface area contributed by atoms with Crippen LogP contribution in [-0.4, -0.2) is 12.4 Å². The van der Waals surface area contributed by atoms with Crippen molar-refractivity contribution in [3.63, 3.8) is 0 Å². The summed E-state index contributed by atoms with van der Waals surface area (Å²) in [5, 5.41) is 16.4. The minimum absolute atomic E-state index is 0. The van der Waals surface area contributed by atoms with E-state index in [1.54, 1.807) is 0 Å². The minimum Gasteiger partial charge on any atom is -0.520 e. The molecule has 0 aromatic rings. The molecule has 0 aliphatic rings. The monoisotopic (exact) mass is 156 g/mol. The van der Waals surface area contributed by atoms with Gasteiger partial charge in [-0.25, -0.2) is 0 Å². The van der Waals surface area contributed by atoms with E-state index >= 15 is 0 Å².